The number of nitro groups is 1. The molecule has 0 spiro atoms. The van der Waals surface area contributed by atoms with Gasteiger partial charge in [0.05, 0.1) is 27.6 Å². The zero-order valence-electron chi connectivity index (χ0n) is 18.9. The van der Waals surface area contributed by atoms with Crippen molar-refractivity contribution in [2.45, 2.75) is 13.5 Å². The zero-order valence-corrected chi connectivity index (χ0v) is 20.5. The molecule has 0 saturated carbocycles. The van der Waals surface area contributed by atoms with Crippen LogP contribution in [0.4, 0.5) is 5.69 Å². The second kappa shape index (κ2) is 10.9. The third-order valence-electron chi connectivity index (χ3n) is 5.38. The molecule has 6 nitrogen and oxygen atoms in total. The lowest BCUT2D eigenvalue weighted by atomic mass is 10.0. The number of non-ortho nitro benzene ring substituents is 1. The minimum atomic E-state index is -0.482. The highest BCUT2D eigenvalue weighted by Crippen LogP contribution is 2.39. The van der Waals surface area contributed by atoms with Crippen LogP contribution in [-0.2, 0) is 6.61 Å². The Kier molecular flexibility index (Phi) is 7.44. The van der Waals surface area contributed by atoms with Crippen LogP contribution in [0.5, 0.6) is 11.5 Å². The van der Waals surface area contributed by atoms with Crippen molar-refractivity contribution in [1.82, 2.24) is 0 Å². The highest BCUT2D eigenvalue weighted by molar-refractivity contribution is 9.10. The van der Waals surface area contributed by atoms with E-state index in [2.05, 4.69) is 40.2 Å². The summed E-state index contributed by atoms with van der Waals surface area (Å²) in [4.78, 5) is 10.6. The van der Waals surface area contributed by atoms with Gasteiger partial charge in [0.25, 0.3) is 5.69 Å². The van der Waals surface area contributed by atoms with Crippen molar-refractivity contribution in [3.05, 3.63) is 110 Å². The van der Waals surface area contributed by atoms with Crippen LogP contribution in [0.15, 0.2) is 83.3 Å². The van der Waals surface area contributed by atoms with E-state index in [1.54, 1.807) is 24.3 Å². The van der Waals surface area contributed by atoms with Gasteiger partial charge in [0.1, 0.15) is 6.61 Å². The zero-order chi connectivity index (χ0) is 24.8. The van der Waals surface area contributed by atoms with Gasteiger partial charge >= 0.3 is 0 Å². The summed E-state index contributed by atoms with van der Waals surface area (Å²) in [5, 5.41) is 23.1. The standard InChI is InChI=1S/C28H21BrN2O4/c1-2-34-27-15-19(13-23(17-30)21-9-6-11-24(16-21)31(32)33)14-26(29)28(27)35-18-22-10-5-8-20-7-3-4-12-25(20)22/h3-16H,2,18H2,1H3/b23-13-. The molecule has 35 heavy (non-hydrogen) atoms. The molecule has 0 saturated heterocycles. The lowest BCUT2D eigenvalue weighted by Gasteiger charge is -2.16. The maximum atomic E-state index is 11.1. The molecule has 0 aliphatic rings. The van der Waals surface area contributed by atoms with Crippen molar-refractivity contribution in [3.8, 4) is 17.6 Å². The Hall–Kier alpha value is -4.15. The van der Waals surface area contributed by atoms with E-state index in [-0.39, 0.29) is 5.69 Å². The number of benzene rings is 4. The van der Waals surface area contributed by atoms with E-state index in [4.69, 9.17) is 9.47 Å². The van der Waals surface area contributed by atoms with Gasteiger partial charge in [-0.1, -0.05) is 54.6 Å². The second-order valence-corrected chi connectivity index (χ2v) is 8.52. The number of allylic oxidation sites excluding steroid dienone is 1. The number of nitriles is 1. The average Bonchev–Trinajstić information content (AvgIpc) is 2.87. The van der Waals surface area contributed by atoms with Gasteiger partial charge < -0.3 is 9.47 Å². The Balaban J connectivity index is 1.67. The SMILES string of the molecule is CCOc1cc(/C=C(/C#N)c2cccc([N+](=O)[O-])c2)cc(Br)c1OCc1cccc2ccccc12. The van der Waals surface area contributed by atoms with Crippen LogP contribution in [0.2, 0.25) is 0 Å². The second-order valence-electron chi connectivity index (χ2n) is 7.67. The summed E-state index contributed by atoms with van der Waals surface area (Å²) in [7, 11) is 0. The third-order valence-corrected chi connectivity index (χ3v) is 5.97. The average molecular weight is 529 g/mol. The fraction of sp³-hybridized carbons (Fsp3) is 0.107. The van der Waals surface area contributed by atoms with Crippen LogP contribution < -0.4 is 9.47 Å². The molecule has 0 unspecified atom stereocenters. The van der Waals surface area contributed by atoms with Crippen LogP contribution in [0.1, 0.15) is 23.6 Å². The summed E-state index contributed by atoms with van der Waals surface area (Å²) >= 11 is 3.58. The monoisotopic (exact) mass is 528 g/mol. The number of ether oxygens (including phenoxy) is 2. The molecule has 0 heterocycles. The van der Waals surface area contributed by atoms with Crippen molar-refractivity contribution < 1.29 is 14.4 Å². The first kappa shape index (κ1) is 24.0. The Morgan fingerprint density at radius 1 is 1.06 bits per heavy atom. The predicted molar refractivity (Wildman–Crippen MR) is 140 cm³/mol. The van der Waals surface area contributed by atoms with E-state index in [1.165, 1.54) is 12.1 Å². The van der Waals surface area contributed by atoms with E-state index < -0.39 is 4.92 Å². The lowest BCUT2D eigenvalue weighted by Crippen LogP contribution is -2.01. The van der Waals surface area contributed by atoms with E-state index >= 15 is 0 Å². The van der Waals surface area contributed by atoms with E-state index in [0.29, 0.717) is 45.9 Å². The Morgan fingerprint density at radius 3 is 2.60 bits per heavy atom. The molecule has 0 radical (unpaired) electrons. The van der Waals surface area contributed by atoms with Gasteiger partial charge in [-0.05, 0) is 68.5 Å². The lowest BCUT2D eigenvalue weighted by molar-refractivity contribution is -0.384. The number of rotatable bonds is 8. The number of hydrogen-bond acceptors (Lipinski definition) is 5. The van der Waals surface area contributed by atoms with Gasteiger partial charge in [0.2, 0.25) is 0 Å². The minimum Gasteiger partial charge on any atom is -0.490 e. The van der Waals surface area contributed by atoms with Crippen molar-refractivity contribution in [2.75, 3.05) is 6.61 Å². The van der Waals surface area contributed by atoms with E-state index in [1.807, 2.05) is 37.3 Å². The summed E-state index contributed by atoms with van der Waals surface area (Å²) < 4.78 is 12.7. The van der Waals surface area contributed by atoms with Gasteiger partial charge in [-0.2, -0.15) is 5.26 Å². The van der Waals surface area contributed by atoms with Crippen LogP contribution in [0.3, 0.4) is 0 Å². The molecule has 174 valence electrons. The summed E-state index contributed by atoms with van der Waals surface area (Å²) in [5.74, 6) is 1.09. The molecular formula is C28H21BrN2O4. The Bertz CT molecular complexity index is 1470. The largest absolute Gasteiger partial charge is 0.490 e. The Morgan fingerprint density at radius 2 is 1.83 bits per heavy atom. The highest BCUT2D eigenvalue weighted by Gasteiger charge is 2.14. The molecule has 0 N–H and O–H groups in total. The first-order chi connectivity index (χ1) is 17.0. The minimum absolute atomic E-state index is 0.0722. The molecule has 0 amide bonds. The van der Waals surface area contributed by atoms with Crippen LogP contribution in [-0.4, -0.2) is 11.5 Å². The summed E-state index contributed by atoms with van der Waals surface area (Å²) in [6.07, 6.45) is 1.67. The number of halogens is 1. The summed E-state index contributed by atoms with van der Waals surface area (Å²) in [6.45, 7) is 2.67. The molecule has 0 bridgehead atoms. The van der Waals surface area contributed by atoms with Crippen LogP contribution in [0.25, 0.3) is 22.4 Å². The molecular weight excluding hydrogens is 508 g/mol. The molecule has 4 rings (SSSR count). The van der Waals surface area contributed by atoms with Crippen molar-refractivity contribution >= 4 is 44.0 Å². The number of hydrogen-bond donors (Lipinski definition) is 0. The quantitative estimate of drug-likeness (QED) is 0.102. The van der Waals surface area contributed by atoms with Gasteiger partial charge in [-0.25, -0.2) is 0 Å². The summed E-state index contributed by atoms with van der Waals surface area (Å²) in [5.41, 5.74) is 2.44. The van der Waals surface area contributed by atoms with Crippen LogP contribution in [0, 0.1) is 21.4 Å². The molecule has 0 atom stereocenters. The first-order valence-electron chi connectivity index (χ1n) is 10.9. The molecule has 4 aromatic carbocycles. The fourth-order valence-electron chi connectivity index (χ4n) is 3.78. The number of nitrogens with zero attached hydrogens (tertiary/aromatic N) is 2. The maximum absolute atomic E-state index is 11.1. The van der Waals surface area contributed by atoms with Crippen molar-refractivity contribution in [1.29, 1.82) is 5.26 Å². The molecule has 0 aliphatic heterocycles. The fourth-order valence-corrected chi connectivity index (χ4v) is 4.35. The van der Waals surface area contributed by atoms with Gasteiger partial charge in [0, 0.05) is 12.1 Å². The number of nitro benzene ring substituents is 1. The van der Waals surface area contributed by atoms with Crippen LogP contribution >= 0.6 is 15.9 Å². The third kappa shape index (κ3) is 5.51. The normalized spacial score (nSPS) is 11.2. The van der Waals surface area contributed by atoms with Gasteiger partial charge in [-0.15, -0.1) is 0 Å². The highest BCUT2D eigenvalue weighted by atomic mass is 79.9. The molecule has 0 aliphatic carbocycles. The topological polar surface area (TPSA) is 85.4 Å². The molecule has 0 aromatic heterocycles. The smallest absolute Gasteiger partial charge is 0.270 e. The van der Waals surface area contributed by atoms with Gasteiger partial charge in [0.15, 0.2) is 11.5 Å². The molecule has 0 fully saturated rings. The predicted octanol–water partition coefficient (Wildman–Crippen LogP) is 7.55. The molecule has 4 aromatic rings. The molecule has 7 heteroatoms. The number of fused-ring (bicyclic) bond motifs is 1. The van der Waals surface area contributed by atoms with Crippen molar-refractivity contribution in [2.24, 2.45) is 0 Å². The maximum Gasteiger partial charge on any atom is 0.270 e. The van der Waals surface area contributed by atoms with Crippen molar-refractivity contribution in [3.63, 3.8) is 0 Å². The Labute approximate surface area is 211 Å². The van der Waals surface area contributed by atoms with Gasteiger partial charge in [-0.3, -0.25) is 10.1 Å². The van der Waals surface area contributed by atoms with E-state index in [9.17, 15) is 15.4 Å². The van der Waals surface area contributed by atoms with E-state index in [0.717, 1.165) is 16.3 Å². The first-order valence-corrected chi connectivity index (χ1v) is 11.7. The summed E-state index contributed by atoms with van der Waals surface area (Å²) in [6, 6.07) is 26.0.